The van der Waals surface area contributed by atoms with E-state index in [1.807, 2.05) is 24.3 Å². The van der Waals surface area contributed by atoms with Crippen LogP contribution in [0.2, 0.25) is 0 Å². The van der Waals surface area contributed by atoms with Gasteiger partial charge in [0.05, 0.1) is 5.01 Å². The van der Waals surface area contributed by atoms with E-state index in [1.165, 1.54) is 0 Å². The first-order valence-corrected chi connectivity index (χ1v) is 10.6. The van der Waals surface area contributed by atoms with Gasteiger partial charge in [-0.25, -0.2) is 15.0 Å². The van der Waals surface area contributed by atoms with E-state index in [2.05, 4.69) is 45.9 Å². The molecule has 1 N–H and O–H groups in total. The Balaban J connectivity index is 1.69. The number of nitrogens with one attached hydrogen (secondary N) is 1. The van der Waals surface area contributed by atoms with Crippen LogP contribution in [0.25, 0.3) is 10.7 Å². The van der Waals surface area contributed by atoms with Gasteiger partial charge < -0.3 is 4.74 Å². The summed E-state index contributed by atoms with van der Waals surface area (Å²) in [4.78, 5) is 11.9. The van der Waals surface area contributed by atoms with Crippen molar-refractivity contribution >= 4 is 11.3 Å². The summed E-state index contributed by atoms with van der Waals surface area (Å²) >= 11 is 0.913. The normalized spacial score (nSPS) is 12.2. The van der Waals surface area contributed by atoms with Crippen molar-refractivity contribution in [2.24, 2.45) is 0 Å². The summed E-state index contributed by atoms with van der Waals surface area (Å²) in [5.74, 6) is 1.01. The van der Waals surface area contributed by atoms with Crippen molar-refractivity contribution < 1.29 is 17.9 Å². The van der Waals surface area contributed by atoms with E-state index in [0.717, 1.165) is 23.2 Å². The predicted octanol–water partition coefficient (Wildman–Crippen LogP) is 6.02. The first-order chi connectivity index (χ1) is 15.1. The Kier molecular flexibility index (Phi) is 5.72. The molecule has 0 unspecified atom stereocenters. The van der Waals surface area contributed by atoms with Crippen LogP contribution in [0.5, 0.6) is 11.6 Å². The van der Waals surface area contributed by atoms with E-state index in [-0.39, 0.29) is 27.5 Å². The third kappa shape index (κ3) is 4.64. The van der Waals surface area contributed by atoms with Gasteiger partial charge in [0.2, 0.25) is 5.88 Å². The summed E-state index contributed by atoms with van der Waals surface area (Å²) in [6, 6.07) is 11.1. The number of alkyl halides is 3. The number of hydrogen-bond acceptors (Lipinski definition) is 6. The molecular weight excluding hydrogens is 439 g/mol. The first kappa shape index (κ1) is 21.9. The Labute approximate surface area is 186 Å². The maximum atomic E-state index is 13.6. The number of aromatic amines is 1. The summed E-state index contributed by atoms with van der Waals surface area (Å²) in [5.41, 5.74) is 0.480. The largest absolute Gasteiger partial charge is 0.438 e. The second-order valence-electron chi connectivity index (χ2n) is 8.11. The topological polar surface area (TPSA) is 76.6 Å². The number of para-hydroxylation sites is 1. The maximum absolute atomic E-state index is 13.6. The molecule has 0 spiro atoms. The molecule has 0 aliphatic carbocycles. The highest BCUT2D eigenvalue weighted by Gasteiger charge is 2.38. The lowest BCUT2D eigenvalue weighted by Crippen LogP contribution is -2.12. The highest BCUT2D eigenvalue weighted by molar-refractivity contribution is 7.15. The van der Waals surface area contributed by atoms with Gasteiger partial charge in [0.1, 0.15) is 17.0 Å². The van der Waals surface area contributed by atoms with Crippen LogP contribution in [0, 0.1) is 0 Å². The molecule has 0 saturated heterocycles. The maximum Gasteiger partial charge on any atom is 0.434 e. The third-order valence-electron chi connectivity index (χ3n) is 4.66. The van der Waals surface area contributed by atoms with Gasteiger partial charge in [-0.2, -0.15) is 18.3 Å². The van der Waals surface area contributed by atoms with E-state index in [0.29, 0.717) is 17.2 Å². The monoisotopic (exact) mass is 459 g/mol. The summed E-state index contributed by atoms with van der Waals surface area (Å²) in [5, 5.41) is 6.40. The van der Waals surface area contributed by atoms with Crippen molar-refractivity contribution in [2.45, 2.75) is 38.8 Å². The number of rotatable bonds is 5. The van der Waals surface area contributed by atoms with Crippen LogP contribution < -0.4 is 4.74 Å². The number of ether oxygens (including phenoxy) is 1. The molecule has 10 heteroatoms. The summed E-state index contributed by atoms with van der Waals surface area (Å²) in [6.45, 7) is 6.23. The van der Waals surface area contributed by atoms with Crippen molar-refractivity contribution in [2.75, 3.05) is 0 Å². The van der Waals surface area contributed by atoms with Gasteiger partial charge in [-0.3, -0.25) is 5.10 Å². The van der Waals surface area contributed by atoms with E-state index >= 15 is 0 Å². The SMILES string of the molecule is CC(C)(C)c1ccccc1Oc1ncccc1Cc1nc(C(F)(F)F)c(-c2ncn[nH]2)s1. The van der Waals surface area contributed by atoms with Gasteiger partial charge in [0, 0.05) is 23.7 Å². The fourth-order valence-corrected chi connectivity index (χ4v) is 4.25. The third-order valence-corrected chi connectivity index (χ3v) is 5.73. The van der Waals surface area contributed by atoms with Crippen LogP contribution in [-0.4, -0.2) is 25.1 Å². The molecule has 32 heavy (non-hydrogen) atoms. The quantitative estimate of drug-likeness (QED) is 0.395. The Morgan fingerprint density at radius 2 is 1.81 bits per heavy atom. The van der Waals surface area contributed by atoms with E-state index < -0.39 is 11.9 Å². The first-order valence-electron chi connectivity index (χ1n) is 9.77. The number of nitrogens with zero attached hydrogens (tertiary/aromatic N) is 4. The molecule has 3 heterocycles. The summed E-state index contributed by atoms with van der Waals surface area (Å²) in [7, 11) is 0. The number of H-pyrrole nitrogens is 1. The molecule has 0 aliphatic heterocycles. The van der Waals surface area contributed by atoms with Crippen molar-refractivity contribution in [3.63, 3.8) is 0 Å². The molecule has 0 atom stereocenters. The highest BCUT2D eigenvalue weighted by atomic mass is 32.1. The molecule has 0 fully saturated rings. The lowest BCUT2D eigenvalue weighted by atomic mass is 9.86. The van der Waals surface area contributed by atoms with Crippen LogP contribution in [-0.2, 0) is 18.0 Å². The molecule has 0 saturated carbocycles. The van der Waals surface area contributed by atoms with E-state index in [1.54, 1.807) is 18.3 Å². The molecule has 166 valence electrons. The van der Waals surface area contributed by atoms with Gasteiger partial charge in [0.25, 0.3) is 0 Å². The fourth-order valence-electron chi connectivity index (χ4n) is 3.20. The lowest BCUT2D eigenvalue weighted by Gasteiger charge is -2.22. The predicted molar refractivity (Wildman–Crippen MR) is 115 cm³/mol. The Morgan fingerprint density at radius 1 is 1.03 bits per heavy atom. The minimum atomic E-state index is -4.61. The van der Waals surface area contributed by atoms with Crippen molar-refractivity contribution in [3.05, 3.63) is 70.8 Å². The second kappa shape index (κ2) is 8.34. The number of aromatic nitrogens is 5. The van der Waals surface area contributed by atoms with Crippen molar-refractivity contribution in [1.29, 1.82) is 0 Å². The molecule has 4 rings (SSSR count). The molecular formula is C22H20F3N5OS. The molecule has 1 aromatic carbocycles. The molecule has 0 aliphatic rings. The van der Waals surface area contributed by atoms with Crippen LogP contribution in [0.1, 0.15) is 42.6 Å². The number of hydrogen-bond donors (Lipinski definition) is 1. The molecule has 0 radical (unpaired) electrons. The zero-order valence-corrected chi connectivity index (χ0v) is 18.4. The highest BCUT2D eigenvalue weighted by Crippen LogP contribution is 2.40. The van der Waals surface area contributed by atoms with Gasteiger partial charge in [-0.15, -0.1) is 11.3 Å². The summed E-state index contributed by atoms with van der Waals surface area (Å²) < 4.78 is 46.8. The number of pyridine rings is 1. The van der Waals surface area contributed by atoms with Crippen LogP contribution in [0.3, 0.4) is 0 Å². The Bertz CT molecular complexity index is 1210. The number of benzene rings is 1. The smallest absolute Gasteiger partial charge is 0.434 e. The zero-order valence-electron chi connectivity index (χ0n) is 17.6. The molecule has 0 bridgehead atoms. The summed E-state index contributed by atoms with van der Waals surface area (Å²) in [6.07, 6.45) is -1.74. The molecule has 4 aromatic rings. The lowest BCUT2D eigenvalue weighted by molar-refractivity contribution is -0.140. The average molecular weight is 459 g/mol. The molecule has 0 amide bonds. The second-order valence-corrected chi connectivity index (χ2v) is 9.19. The van der Waals surface area contributed by atoms with Crippen LogP contribution >= 0.6 is 11.3 Å². The van der Waals surface area contributed by atoms with Gasteiger partial charge in [-0.05, 0) is 17.5 Å². The van der Waals surface area contributed by atoms with Gasteiger partial charge in [0.15, 0.2) is 11.5 Å². The Hall–Kier alpha value is -3.27. The van der Waals surface area contributed by atoms with E-state index in [4.69, 9.17) is 4.74 Å². The Morgan fingerprint density at radius 3 is 2.50 bits per heavy atom. The van der Waals surface area contributed by atoms with Gasteiger partial charge in [-0.1, -0.05) is 45.0 Å². The number of halogens is 3. The fraction of sp³-hybridized carbons (Fsp3) is 0.273. The minimum absolute atomic E-state index is 0.0304. The molecule has 6 nitrogen and oxygen atoms in total. The van der Waals surface area contributed by atoms with Crippen LogP contribution in [0.4, 0.5) is 13.2 Å². The standard InChI is InChI=1S/C22H20F3N5OS/c1-21(2,3)14-8-4-5-9-15(14)31-20-13(7-6-10-26-20)11-16-29-18(22(23,24)25)17(32-16)19-27-12-28-30-19/h4-10,12H,11H2,1-3H3,(H,27,28,30). The van der Waals surface area contributed by atoms with Crippen LogP contribution in [0.15, 0.2) is 48.9 Å². The van der Waals surface area contributed by atoms with Gasteiger partial charge >= 0.3 is 6.18 Å². The van der Waals surface area contributed by atoms with Crippen molar-refractivity contribution in [3.8, 4) is 22.3 Å². The van der Waals surface area contributed by atoms with Crippen molar-refractivity contribution in [1.82, 2.24) is 25.1 Å². The zero-order chi connectivity index (χ0) is 22.9. The average Bonchev–Trinajstić information content (AvgIpc) is 3.38. The molecule has 3 aromatic heterocycles. The number of thiazole rings is 1. The van der Waals surface area contributed by atoms with E-state index in [9.17, 15) is 13.2 Å². The minimum Gasteiger partial charge on any atom is -0.438 e.